The number of fused-ring (bicyclic) bond motifs is 1. The number of nitriles is 1. The van der Waals surface area contributed by atoms with Crippen LogP contribution in [-0.2, 0) is 9.47 Å². The molecule has 0 radical (unpaired) electrons. The molecule has 7 heteroatoms. The van der Waals surface area contributed by atoms with Gasteiger partial charge in [-0.3, -0.25) is 0 Å². The molecule has 128 valence electrons. The SMILES string of the molecule is N#Cc1cccnc1N1C[C@@H]2OCC(Nc3ccccn3)CO[C@H]2C1. The van der Waals surface area contributed by atoms with E-state index < -0.39 is 0 Å². The van der Waals surface area contributed by atoms with Gasteiger partial charge in [-0.05, 0) is 24.3 Å². The third-order valence-electron chi connectivity index (χ3n) is 4.46. The molecular weight excluding hydrogens is 318 g/mol. The lowest BCUT2D eigenvalue weighted by molar-refractivity contribution is -0.00461. The standard InChI is InChI=1S/C18H19N5O2/c19-8-13-4-3-7-21-18(13)23-9-15-16(10-23)25-12-14(11-24-15)22-17-5-1-2-6-20-17/h1-7,14-16H,9-12H2,(H,20,22)/t15-,16-/m0/s1. The highest BCUT2D eigenvalue weighted by molar-refractivity contribution is 5.54. The van der Waals surface area contributed by atoms with Crippen LogP contribution in [0.4, 0.5) is 11.6 Å². The molecule has 4 heterocycles. The normalized spacial score (nSPS) is 23.6. The summed E-state index contributed by atoms with van der Waals surface area (Å²) < 4.78 is 12.1. The van der Waals surface area contributed by atoms with Crippen molar-refractivity contribution in [1.29, 1.82) is 5.26 Å². The Hall–Kier alpha value is -2.69. The van der Waals surface area contributed by atoms with Crippen molar-refractivity contribution in [3.05, 3.63) is 48.3 Å². The van der Waals surface area contributed by atoms with Gasteiger partial charge in [0.15, 0.2) is 0 Å². The second kappa shape index (κ2) is 7.05. The van der Waals surface area contributed by atoms with Gasteiger partial charge in [-0.25, -0.2) is 9.97 Å². The van der Waals surface area contributed by atoms with E-state index in [0.29, 0.717) is 37.7 Å². The molecule has 0 spiro atoms. The Morgan fingerprint density at radius 1 is 1.04 bits per heavy atom. The average Bonchev–Trinajstić information content (AvgIpc) is 2.99. The fourth-order valence-electron chi connectivity index (χ4n) is 3.24. The van der Waals surface area contributed by atoms with E-state index in [9.17, 15) is 5.26 Å². The topological polar surface area (TPSA) is 83.3 Å². The monoisotopic (exact) mass is 337 g/mol. The minimum absolute atomic E-state index is 0.0240. The summed E-state index contributed by atoms with van der Waals surface area (Å²) in [5, 5.41) is 12.6. The van der Waals surface area contributed by atoms with Gasteiger partial charge in [-0.1, -0.05) is 6.07 Å². The van der Waals surface area contributed by atoms with Gasteiger partial charge in [0, 0.05) is 25.5 Å². The minimum atomic E-state index is -0.0240. The molecule has 2 saturated heterocycles. The van der Waals surface area contributed by atoms with E-state index in [-0.39, 0.29) is 18.2 Å². The summed E-state index contributed by atoms with van der Waals surface area (Å²) in [6.45, 7) is 2.46. The van der Waals surface area contributed by atoms with Crippen LogP contribution in [-0.4, -0.2) is 54.5 Å². The van der Waals surface area contributed by atoms with Crippen LogP contribution in [0.15, 0.2) is 42.7 Å². The third-order valence-corrected chi connectivity index (χ3v) is 4.46. The minimum Gasteiger partial charge on any atom is -0.371 e. The molecular formula is C18H19N5O2. The Balaban J connectivity index is 1.40. The van der Waals surface area contributed by atoms with Crippen molar-refractivity contribution in [2.45, 2.75) is 18.2 Å². The molecule has 0 aromatic carbocycles. The number of nitrogens with zero attached hydrogens (tertiary/aromatic N) is 4. The molecule has 4 rings (SSSR count). The van der Waals surface area contributed by atoms with Crippen LogP contribution in [0.25, 0.3) is 0 Å². The number of nitrogens with one attached hydrogen (secondary N) is 1. The maximum atomic E-state index is 9.26. The van der Waals surface area contributed by atoms with Crippen molar-refractivity contribution in [2.75, 3.05) is 36.5 Å². The molecule has 2 atom stereocenters. The van der Waals surface area contributed by atoms with Gasteiger partial charge in [0.05, 0.1) is 24.8 Å². The Kier molecular flexibility index (Phi) is 4.46. The number of aromatic nitrogens is 2. The molecule has 0 unspecified atom stereocenters. The van der Waals surface area contributed by atoms with Crippen molar-refractivity contribution in [3.63, 3.8) is 0 Å². The van der Waals surface area contributed by atoms with Crippen molar-refractivity contribution >= 4 is 11.6 Å². The lowest BCUT2D eigenvalue weighted by Crippen LogP contribution is -2.31. The maximum Gasteiger partial charge on any atom is 0.146 e. The summed E-state index contributed by atoms with van der Waals surface area (Å²) in [5.74, 6) is 1.52. The summed E-state index contributed by atoms with van der Waals surface area (Å²) in [6, 6.07) is 11.6. The Morgan fingerprint density at radius 3 is 2.48 bits per heavy atom. The summed E-state index contributed by atoms with van der Waals surface area (Å²) in [5.41, 5.74) is 0.577. The molecule has 0 bridgehead atoms. The van der Waals surface area contributed by atoms with Gasteiger partial charge in [0.25, 0.3) is 0 Å². The highest BCUT2D eigenvalue weighted by Crippen LogP contribution is 2.26. The van der Waals surface area contributed by atoms with E-state index in [1.807, 2.05) is 18.2 Å². The second-order valence-corrected chi connectivity index (χ2v) is 6.19. The van der Waals surface area contributed by atoms with Gasteiger partial charge in [0.2, 0.25) is 0 Å². The zero-order valence-corrected chi connectivity index (χ0v) is 13.7. The fourth-order valence-corrected chi connectivity index (χ4v) is 3.24. The molecule has 2 aliphatic heterocycles. The number of anilines is 2. The van der Waals surface area contributed by atoms with Crippen LogP contribution in [0.5, 0.6) is 0 Å². The van der Waals surface area contributed by atoms with E-state index in [4.69, 9.17) is 9.47 Å². The van der Waals surface area contributed by atoms with E-state index in [2.05, 4.69) is 26.3 Å². The third kappa shape index (κ3) is 3.40. The molecule has 0 aliphatic carbocycles. The molecule has 7 nitrogen and oxygen atoms in total. The highest BCUT2D eigenvalue weighted by Gasteiger charge is 2.38. The molecule has 2 aromatic rings. The summed E-state index contributed by atoms with van der Waals surface area (Å²) in [4.78, 5) is 10.7. The quantitative estimate of drug-likeness (QED) is 0.907. The smallest absolute Gasteiger partial charge is 0.146 e. The predicted molar refractivity (Wildman–Crippen MR) is 92.3 cm³/mol. The summed E-state index contributed by atoms with van der Waals surface area (Å²) >= 11 is 0. The van der Waals surface area contributed by atoms with Crippen LogP contribution < -0.4 is 10.2 Å². The summed E-state index contributed by atoms with van der Waals surface area (Å²) in [7, 11) is 0. The van der Waals surface area contributed by atoms with Crippen molar-refractivity contribution in [2.24, 2.45) is 0 Å². The molecule has 25 heavy (non-hydrogen) atoms. The Labute approximate surface area is 146 Å². The van der Waals surface area contributed by atoms with Crippen LogP contribution in [0, 0.1) is 11.3 Å². The highest BCUT2D eigenvalue weighted by atomic mass is 16.6. The Morgan fingerprint density at radius 2 is 1.80 bits per heavy atom. The van der Waals surface area contributed by atoms with Gasteiger partial charge >= 0.3 is 0 Å². The van der Waals surface area contributed by atoms with Crippen molar-refractivity contribution < 1.29 is 9.47 Å². The fraction of sp³-hybridized carbons (Fsp3) is 0.389. The van der Waals surface area contributed by atoms with E-state index in [0.717, 1.165) is 5.82 Å². The first-order valence-corrected chi connectivity index (χ1v) is 8.34. The number of pyridine rings is 2. The first-order chi connectivity index (χ1) is 12.3. The second-order valence-electron chi connectivity index (χ2n) is 6.19. The van der Waals surface area contributed by atoms with Crippen LogP contribution in [0.3, 0.4) is 0 Å². The zero-order valence-electron chi connectivity index (χ0n) is 13.7. The van der Waals surface area contributed by atoms with Crippen molar-refractivity contribution in [3.8, 4) is 6.07 Å². The van der Waals surface area contributed by atoms with Crippen LogP contribution in [0.2, 0.25) is 0 Å². The number of rotatable bonds is 3. The predicted octanol–water partition coefficient (Wildman–Crippen LogP) is 1.43. The van der Waals surface area contributed by atoms with E-state index in [1.54, 1.807) is 24.5 Å². The number of ether oxygens (including phenoxy) is 2. The number of hydrogen-bond acceptors (Lipinski definition) is 7. The van der Waals surface area contributed by atoms with Gasteiger partial charge in [0.1, 0.15) is 29.9 Å². The average molecular weight is 337 g/mol. The van der Waals surface area contributed by atoms with Gasteiger partial charge < -0.3 is 19.7 Å². The zero-order chi connectivity index (χ0) is 17.1. The van der Waals surface area contributed by atoms with E-state index >= 15 is 0 Å². The van der Waals surface area contributed by atoms with Crippen LogP contribution in [0.1, 0.15) is 5.56 Å². The first-order valence-electron chi connectivity index (χ1n) is 8.34. The molecule has 0 saturated carbocycles. The summed E-state index contributed by atoms with van der Waals surface area (Å²) in [6.07, 6.45) is 3.42. The lowest BCUT2D eigenvalue weighted by Gasteiger charge is -2.20. The van der Waals surface area contributed by atoms with E-state index in [1.165, 1.54) is 0 Å². The van der Waals surface area contributed by atoms with Gasteiger partial charge in [-0.2, -0.15) is 5.26 Å². The van der Waals surface area contributed by atoms with Crippen LogP contribution >= 0.6 is 0 Å². The molecule has 2 fully saturated rings. The largest absolute Gasteiger partial charge is 0.371 e. The number of hydrogen-bond donors (Lipinski definition) is 1. The Bertz CT molecular complexity index is 748. The first kappa shape index (κ1) is 15.8. The molecule has 2 aromatic heterocycles. The lowest BCUT2D eigenvalue weighted by atomic mass is 10.2. The maximum absolute atomic E-state index is 9.26. The van der Waals surface area contributed by atoms with Crippen molar-refractivity contribution in [1.82, 2.24) is 9.97 Å². The molecule has 1 N–H and O–H groups in total. The molecule has 2 aliphatic rings. The van der Waals surface area contributed by atoms with Gasteiger partial charge in [-0.15, -0.1) is 0 Å². The molecule has 0 amide bonds.